The lowest BCUT2D eigenvalue weighted by atomic mass is 9.93. The molecule has 1 amide bonds. The Hall–Kier alpha value is -1.47. The van der Waals surface area contributed by atoms with Gasteiger partial charge in [-0.15, -0.1) is 0 Å². The predicted octanol–water partition coefficient (Wildman–Crippen LogP) is 0.935. The van der Waals surface area contributed by atoms with Crippen LogP contribution in [0.2, 0.25) is 0 Å². The highest BCUT2D eigenvalue weighted by atomic mass is 16.6. The number of carbonyl (C=O) groups excluding carboxylic acids is 2. The van der Waals surface area contributed by atoms with Gasteiger partial charge in [0, 0.05) is 12.5 Å². The molecule has 0 radical (unpaired) electrons. The molecule has 130 valence electrons. The minimum Gasteiger partial charge on any atom is -0.480 e. The first-order chi connectivity index (χ1) is 10.8. The van der Waals surface area contributed by atoms with Crippen LogP contribution in [-0.2, 0) is 19.1 Å². The Morgan fingerprint density at radius 2 is 2.00 bits per heavy atom. The number of amides is 1. The Balaban J connectivity index is 2.32. The molecule has 0 aromatic carbocycles. The highest BCUT2D eigenvalue weighted by Crippen LogP contribution is 2.31. The third-order valence-corrected chi connectivity index (χ3v) is 4.83. The SMILES string of the molecule is CCC1CC[C@@H](C)C(=O)C(O)(C(=O)N2CCCC[C@H]2C(=O)O)O1. The summed E-state index contributed by atoms with van der Waals surface area (Å²) in [6, 6.07) is -1.02. The van der Waals surface area contributed by atoms with Crippen LogP contribution in [0.3, 0.4) is 0 Å². The fourth-order valence-electron chi connectivity index (χ4n) is 3.33. The van der Waals surface area contributed by atoms with Crippen molar-refractivity contribution in [2.24, 2.45) is 5.92 Å². The summed E-state index contributed by atoms with van der Waals surface area (Å²) in [6.07, 6.45) is 2.95. The molecule has 2 unspecified atom stereocenters. The third-order valence-electron chi connectivity index (χ3n) is 4.83. The maximum Gasteiger partial charge on any atom is 0.326 e. The number of ketones is 1. The average molecular weight is 327 g/mol. The second-order valence-electron chi connectivity index (χ2n) is 6.48. The zero-order valence-corrected chi connectivity index (χ0v) is 13.7. The molecule has 7 heteroatoms. The smallest absolute Gasteiger partial charge is 0.326 e. The maximum absolute atomic E-state index is 12.8. The second kappa shape index (κ2) is 6.97. The normalized spacial score (nSPS) is 35.7. The Morgan fingerprint density at radius 3 is 2.61 bits per heavy atom. The van der Waals surface area contributed by atoms with Crippen molar-refractivity contribution in [1.29, 1.82) is 0 Å². The first-order valence-electron chi connectivity index (χ1n) is 8.29. The second-order valence-corrected chi connectivity index (χ2v) is 6.48. The largest absolute Gasteiger partial charge is 0.480 e. The molecule has 7 nitrogen and oxygen atoms in total. The van der Waals surface area contributed by atoms with Crippen LogP contribution in [0.15, 0.2) is 0 Å². The van der Waals surface area contributed by atoms with Crippen molar-refractivity contribution in [2.45, 2.75) is 70.3 Å². The Kier molecular flexibility index (Phi) is 5.41. The van der Waals surface area contributed by atoms with E-state index in [1.54, 1.807) is 6.92 Å². The van der Waals surface area contributed by atoms with Gasteiger partial charge in [0.2, 0.25) is 5.78 Å². The molecule has 2 rings (SSSR count). The first-order valence-corrected chi connectivity index (χ1v) is 8.29. The lowest BCUT2D eigenvalue weighted by molar-refractivity contribution is -0.229. The zero-order chi connectivity index (χ0) is 17.2. The monoisotopic (exact) mass is 327 g/mol. The van der Waals surface area contributed by atoms with Gasteiger partial charge in [-0.1, -0.05) is 13.8 Å². The number of aliphatic carboxylic acids is 1. The van der Waals surface area contributed by atoms with Gasteiger partial charge in [-0.2, -0.15) is 0 Å². The van der Waals surface area contributed by atoms with Crippen molar-refractivity contribution in [2.75, 3.05) is 6.54 Å². The van der Waals surface area contributed by atoms with Gasteiger partial charge < -0.3 is 19.8 Å². The van der Waals surface area contributed by atoms with Gasteiger partial charge in [0.05, 0.1) is 6.10 Å². The van der Waals surface area contributed by atoms with Crippen LogP contribution in [0, 0.1) is 5.92 Å². The molecule has 2 N–H and O–H groups in total. The summed E-state index contributed by atoms with van der Waals surface area (Å²) in [7, 11) is 0. The van der Waals surface area contributed by atoms with E-state index in [4.69, 9.17) is 4.74 Å². The van der Waals surface area contributed by atoms with Crippen LogP contribution < -0.4 is 0 Å². The van der Waals surface area contributed by atoms with E-state index in [9.17, 15) is 24.6 Å². The molecule has 4 atom stereocenters. The minimum atomic E-state index is -2.57. The number of carboxylic acids is 1. The van der Waals surface area contributed by atoms with Gasteiger partial charge in [-0.25, -0.2) is 4.79 Å². The number of rotatable bonds is 3. The van der Waals surface area contributed by atoms with Crippen molar-refractivity contribution >= 4 is 17.7 Å². The number of likely N-dealkylation sites (tertiary alicyclic amines) is 1. The molecule has 0 spiro atoms. The lowest BCUT2D eigenvalue weighted by Crippen LogP contribution is -2.61. The number of hydrogen-bond donors (Lipinski definition) is 2. The van der Waals surface area contributed by atoms with E-state index in [0.29, 0.717) is 38.5 Å². The summed E-state index contributed by atoms with van der Waals surface area (Å²) in [4.78, 5) is 37.8. The Bertz CT molecular complexity index is 493. The number of hydrogen-bond acceptors (Lipinski definition) is 5. The minimum absolute atomic E-state index is 0.208. The Labute approximate surface area is 135 Å². The van der Waals surface area contributed by atoms with Gasteiger partial charge in [-0.05, 0) is 38.5 Å². The van der Waals surface area contributed by atoms with Gasteiger partial charge in [0.15, 0.2) is 0 Å². The van der Waals surface area contributed by atoms with Crippen molar-refractivity contribution in [3.8, 4) is 0 Å². The topological polar surface area (TPSA) is 104 Å². The molecule has 2 heterocycles. The highest BCUT2D eigenvalue weighted by Gasteiger charge is 2.54. The van der Waals surface area contributed by atoms with Crippen LogP contribution in [0.1, 0.15) is 52.4 Å². The van der Waals surface area contributed by atoms with Crippen LogP contribution in [-0.4, -0.2) is 57.3 Å². The summed E-state index contributed by atoms with van der Waals surface area (Å²) in [5.41, 5.74) is 0. The maximum atomic E-state index is 12.8. The molecule has 2 aliphatic heterocycles. The van der Waals surface area contributed by atoms with Crippen molar-refractivity contribution in [3.63, 3.8) is 0 Å². The number of Topliss-reactive ketones (excluding diaryl/α,β-unsaturated/α-hetero) is 1. The summed E-state index contributed by atoms with van der Waals surface area (Å²) in [6.45, 7) is 3.73. The molecule has 23 heavy (non-hydrogen) atoms. The molecule has 2 saturated heterocycles. The fourth-order valence-corrected chi connectivity index (χ4v) is 3.33. The zero-order valence-electron chi connectivity index (χ0n) is 13.7. The molecule has 0 saturated carbocycles. The summed E-state index contributed by atoms with van der Waals surface area (Å²) < 4.78 is 5.50. The predicted molar refractivity (Wildman–Crippen MR) is 80.5 cm³/mol. The van der Waals surface area contributed by atoms with E-state index in [1.165, 1.54) is 0 Å². The summed E-state index contributed by atoms with van der Waals surface area (Å²) in [5, 5.41) is 20.1. The van der Waals surface area contributed by atoms with E-state index in [-0.39, 0.29) is 6.54 Å². The number of nitrogens with zero attached hydrogens (tertiary/aromatic N) is 1. The van der Waals surface area contributed by atoms with Crippen molar-refractivity contribution < 1.29 is 29.3 Å². The van der Waals surface area contributed by atoms with Crippen LogP contribution in [0.4, 0.5) is 0 Å². The average Bonchev–Trinajstić information content (AvgIpc) is 2.66. The van der Waals surface area contributed by atoms with Crippen LogP contribution in [0.25, 0.3) is 0 Å². The highest BCUT2D eigenvalue weighted by molar-refractivity contribution is 6.09. The molecular weight excluding hydrogens is 302 g/mol. The van der Waals surface area contributed by atoms with Crippen molar-refractivity contribution in [1.82, 2.24) is 4.90 Å². The van der Waals surface area contributed by atoms with Crippen molar-refractivity contribution in [3.05, 3.63) is 0 Å². The molecule has 0 bridgehead atoms. The number of carboxylic acid groups (broad SMARTS) is 1. The third kappa shape index (κ3) is 3.40. The van der Waals surface area contributed by atoms with Crippen LogP contribution >= 0.6 is 0 Å². The van der Waals surface area contributed by atoms with E-state index < -0.39 is 41.5 Å². The molecule has 0 aromatic rings. The van der Waals surface area contributed by atoms with E-state index in [1.807, 2.05) is 6.92 Å². The van der Waals surface area contributed by atoms with E-state index >= 15 is 0 Å². The summed E-state index contributed by atoms with van der Waals surface area (Å²) >= 11 is 0. The molecular formula is C16H25NO6. The number of ether oxygens (including phenoxy) is 1. The molecule has 0 aromatic heterocycles. The standard InChI is InChI=1S/C16H25NO6/c1-3-11-8-7-10(2)13(18)16(22,23-11)15(21)17-9-5-4-6-12(17)14(19)20/h10-12,22H,3-9H2,1-2H3,(H,19,20)/t10-,11?,12+,16?/m1/s1. The first kappa shape index (κ1) is 17.9. The van der Waals surface area contributed by atoms with E-state index in [0.717, 1.165) is 4.90 Å². The van der Waals surface area contributed by atoms with Gasteiger partial charge >= 0.3 is 11.8 Å². The van der Waals surface area contributed by atoms with Gasteiger partial charge in [0.25, 0.3) is 5.91 Å². The van der Waals surface area contributed by atoms with Crippen LogP contribution in [0.5, 0.6) is 0 Å². The molecule has 2 fully saturated rings. The number of carbonyl (C=O) groups is 3. The van der Waals surface area contributed by atoms with Gasteiger partial charge in [0.1, 0.15) is 6.04 Å². The molecule has 2 aliphatic rings. The fraction of sp³-hybridized carbons (Fsp3) is 0.812. The Morgan fingerprint density at radius 1 is 1.30 bits per heavy atom. The lowest BCUT2D eigenvalue weighted by Gasteiger charge is -2.38. The molecule has 0 aliphatic carbocycles. The number of aliphatic hydroxyl groups is 1. The quantitative estimate of drug-likeness (QED) is 0.748. The number of piperidine rings is 1. The van der Waals surface area contributed by atoms with Gasteiger partial charge in [-0.3, -0.25) is 9.59 Å². The van der Waals surface area contributed by atoms with E-state index in [2.05, 4.69) is 0 Å². The summed E-state index contributed by atoms with van der Waals surface area (Å²) in [5.74, 6) is -5.80.